The van der Waals surface area contributed by atoms with Crippen LogP contribution in [0.5, 0.6) is 5.75 Å². The topological polar surface area (TPSA) is 56.5 Å². The molecule has 0 spiro atoms. The molecule has 1 heterocycles. The molecule has 0 saturated carbocycles. The van der Waals surface area contributed by atoms with E-state index in [1.165, 1.54) is 11.6 Å². The number of ether oxygens (including phenoxy) is 1. The van der Waals surface area contributed by atoms with E-state index in [1.54, 1.807) is 19.1 Å². The number of aldehydes is 1. The molecule has 1 aromatic carbocycles. The van der Waals surface area contributed by atoms with Crippen molar-refractivity contribution in [1.29, 1.82) is 0 Å². The Morgan fingerprint density at radius 3 is 2.74 bits per heavy atom. The minimum absolute atomic E-state index is 0.371. The second kappa shape index (κ2) is 8.13. The molecule has 0 radical (unpaired) electrons. The molecular weight excluding hydrogens is 292 g/mol. The largest absolute Gasteiger partial charge is 0.489 e. The Bertz CT molecular complexity index is 796. The van der Waals surface area contributed by atoms with Crippen molar-refractivity contribution in [2.75, 3.05) is 6.61 Å². The molecule has 0 saturated heterocycles. The van der Waals surface area contributed by atoms with E-state index in [9.17, 15) is 9.59 Å². The minimum atomic E-state index is -0.371. The number of fused-ring (bicyclic) bond motifs is 1. The lowest BCUT2D eigenvalue weighted by molar-refractivity contribution is -0.104. The van der Waals surface area contributed by atoms with Crippen molar-refractivity contribution in [3.05, 3.63) is 64.1 Å². The van der Waals surface area contributed by atoms with Gasteiger partial charge in [0.25, 0.3) is 0 Å². The minimum Gasteiger partial charge on any atom is -0.489 e. The summed E-state index contributed by atoms with van der Waals surface area (Å²) in [7, 11) is 0. The van der Waals surface area contributed by atoms with Crippen molar-refractivity contribution >= 4 is 17.3 Å². The molecule has 0 aliphatic carbocycles. The van der Waals surface area contributed by atoms with E-state index in [2.05, 4.69) is 0 Å². The fourth-order valence-electron chi connectivity index (χ4n) is 2.09. The Morgan fingerprint density at radius 1 is 1.17 bits per heavy atom. The Morgan fingerprint density at radius 2 is 1.96 bits per heavy atom. The number of carbonyl (C=O) groups excluding carboxylic acids is 1. The van der Waals surface area contributed by atoms with Crippen molar-refractivity contribution in [1.82, 2.24) is 0 Å². The number of benzene rings is 1. The first-order chi connectivity index (χ1) is 11.1. The summed E-state index contributed by atoms with van der Waals surface area (Å²) in [5.41, 5.74) is 2.10. The smallest absolute Gasteiger partial charge is 0.336 e. The van der Waals surface area contributed by atoms with Gasteiger partial charge in [0.05, 0.1) is 0 Å². The van der Waals surface area contributed by atoms with Gasteiger partial charge in [0.1, 0.15) is 24.2 Å². The molecule has 1 aromatic heterocycles. The highest BCUT2D eigenvalue weighted by molar-refractivity contribution is 5.77. The van der Waals surface area contributed by atoms with Crippen LogP contribution >= 0.6 is 0 Å². The molecule has 2 rings (SSSR count). The third-order valence-corrected chi connectivity index (χ3v) is 3.47. The highest BCUT2D eigenvalue weighted by atomic mass is 16.5. The standard InChI is InChI=1S/C19H20O4/c1-14(4-3-5-15(2)13-20)10-11-22-17-8-6-16-7-9-19(21)23-18(16)12-17/h5-10,12-13H,3-4,11H2,1-2H3/b14-10+,15-5+. The van der Waals surface area contributed by atoms with Crippen molar-refractivity contribution in [2.45, 2.75) is 26.7 Å². The van der Waals surface area contributed by atoms with Crippen LogP contribution < -0.4 is 10.4 Å². The predicted molar refractivity (Wildman–Crippen MR) is 90.8 cm³/mol. The number of hydrogen-bond acceptors (Lipinski definition) is 4. The van der Waals surface area contributed by atoms with Gasteiger partial charge in [0.2, 0.25) is 0 Å². The quantitative estimate of drug-likeness (QED) is 0.335. The highest BCUT2D eigenvalue weighted by Gasteiger charge is 2.00. The molecule has 0 aliphatic heterocycles. The molecule has 0 bridgehead atoms. The van der Waals surface area contributed by atoms with Crippen LogP contribution in [0.15, 0.2) is 62.8 Å². The fourth-order valence-corrected chi connectivity index (χ4v) is 2.09. The van der Waals surface area contributed by atoms with E-state index < -0.39 is 0 Å². The maximum atomic E-state index is 11.2. The number of hydrogen-bond donors (Lipinski definition) is 0. The van der Waals surface area contributed by atoms with Gasteiger partial charge in [-0.15, -0.1) is 0 Å². The fraction of sp³-hybridized carbons (Fsp3) is 0.263. The van der Waals surface area contributed by atoms with Crippen molar-refractivity contribution in [3.63, 3.8) is 0 Å². The molecule has 0 amide bonds. The molecular formula is C19H20O4. The molecule has 2 aromatic rings. The monoisotopic (exact) mass is 312 g/mol. The summed E-state index contributed by atoms with van der Waals surface area (Å²) < 4.78 is 10.8. The van der Waals surface area contributed by atoms with Gasteiger partial charge in [-0.05, 0) is 56.5 Å². The molecule has 0 fully saturated rings. The zero-order valence-electron chi connectivity index (χ0n) is 13.4. The molecule has 0 aliphatic rings. The van der Waals surface area contributed by atoms with E-state index >= 15 is 0 Å². The molecule has 120 valence electrons. The number of allylic oxidation sites excluding steroid dienone is 3. The lowest BCUT2D eigenvalue weighted by atomic mass is 10.1. The lowest BCUT2D eigenvalue weighted by Gasteiger charge is -2.05. The number of carbonyl (C=O) groups is 1. The van der Waals surface area contributed by atoms with Gasteiger partial charge in [-0.25, -0.2) is 4.79 Å². The Kier molecular flexibility index (Phi) is 5.92. The van der Waals surface area contributed by atoms with Crippen LogP contribution in [0.4, 0.5) is 0 Å². The number of rotatable bonds is 7. The van der Waals surface area contributed by atoms with Crippen LogP contribution in [0.3, 0.4) is 0 Å². The first-order valence-electron chi connectivity index (χ1n) is 7.53. The summed E-state index contributed by atoms with van der Waals surface area (Å²) >= 11 is 0. The third kappa shape index (κ3) is 5.25. The van der Waals surface area contributed by atoms with E-state index in [-0.39, 0.29) is 5.63 Å². The molecule has 0 atom stereocenters. The van der Waals surface area contributed by atoms with Crippen molar-refractivity contribution in [2.24, 2.45) is 0 Å². The molecule has 4 nitrogen and oxygen atoms in total. The van der Waals surface area contributed by atoms with Crippen molar-refractivity contribution in [3.8, 4) is 5.75 Å². The average Bonchev–Trinajstić information content (AvgIpc) is 2.54. The lowest BCUT2D eigenvalue weighted by Crippen LogP contribution is -1.97. The molecule has 0 unspecified atom stereocenters. The summed E-state index contributed by atoms with van der Waals surface area (Å²) in [5.74, 6) is 0.660. The SMILES string of the molecule is C/C(C=O)=C\CC/C(C)=C/COc1ccc2ccc(=O)oc2c1. The zero-order chi connectivity index (χ0) is 16.7. The van der Waals surface area contributed by atoms with Crippen LogP contribution in [-0.4, -0.2) is 12.9 Å². The maximum Gasteiger partial charge on any atom is 0.336 e. The van der Waals surface area contributed by atoms with Gasteiger partial charge in [0, 0.05) is 17.5 Å². The van der Waals surface area contributed by atoms with Crippen LogP contribution in [0.25, 0.3) is 11.0 Å². The summed E-state index contributed by atoms with van der Waals surface area (Å²) in [6.45, 7) is 4.28. The van der Waals surface area contributed by atoms with Gasteiger partial charge < -0.3 is 9.15 Å². The zero-order valence-corrected chi connectivity index (χ0v) is 13.4. The highest BCUT2D eigenvalue weighted by Crippen LogP contribution is 2.19. The van der Waals surface area contributed by atoms with Gasteiger partial charge in [-0.3, -0.25) is 4.79 Å². The normalized spacial score (nSPS) is 12.4. The van der Waals surface area contributed by atoms with Crippen LogP contribution in [0.2, 0.25) is 0 Å². The van der Waals surface area contributed by atoms with Gasteiger partial charge in [-0.2, -0.15) is 0 Å². The maximum absolute atomic E-state index is 11.2. The first-order valence-corrected chi connectivity index (χ1v) is 7.53. The van der Waals surface area contributed by atoms with E-state index in [0.717, 1.165) is 30.1 Å². The van der Waals surface area contributed by atoms with Gasteiger partial charge >= 0.3 is 5.63 Å². The molecule has 0 N–H and O–H groups in total. The predicted octanol–water partition coefficient (Wildman–Crippen LogP) is 4.04. The van der Waals surface area contributed by atoms with Crippen molar-refractivity contribution < 1.29 is 13.9 Å². The molecule has 23 heavy (non-hydrogen) atoms. The van der Waals surface area contributed by atoms with Crippen LogP contribution in [0, 0.1) is 0 Å². The summed E-state index contributed by atoms with van der Waals surface area (Å²) in [5, 5.41) is 0.862. The van der Waals surface area contributed by atoms with Crippen LogP contribution in [0.1, 0.15) is 26.7 Å². The summed E-state index contributed by atoms with van der Waals surface area (Å²) in [6, 6.07) is 8.55. The summed E-state index contributed by atoms with van der Waals surface area (Å²) in [4.78, 5) is 21.7. The third-order valence-electron chi connectivity index (χ3n) is 3.47. The van der Waals surface area contributed by atoms with Gasteiger partial charge in [-0.1, -0.05) is 11.6 Å². The Balaban J connectivity index is 1.91. The Labute approximate surface area is 135 Å². The second-order valence-electron chi connectivity index (χ2n) is 5.42. The second-order valence-corrected chi connectivity index (χ2v) is 5.42. The van der Waals surface area contributed by atoms with E-state index in [4.69, 9.17) is 9.15 Å². The molecule has 4 heteroatoms. The van der Waals surface area contributed by atoms with E-state index in [0.29, 0.717) is 17.9 Å². The Hall–Kier alpha value is -2.62. The first kappa shape index (κ1) is 16.7. The van der Waals surface area contributed by atoms with Crippen LogP contribution in [-0.2, 0) is 4.79 Å². The van der Waals surface area contributed by atoms with Gasteiger partial charge in [0.15, 0.2) is 0 Å². The average molecular weight is 312 g/mol. The summed E-state index contributed by atoms with van der Waals surface area (Å²) in [6.07, 6.45) is 6.53. The van der Waals surface area contributed by atoms with E-state index in [1.807, 2.05) is 31.2 Å².